The van der Waals surface area contributed by atoms with E-state index in [4.69, 9.17) is 0 Å². The summed E-state index contributed by atoms with van der Waals surface area (Å²) in [6, 6.07) is 5.72. The standard InChI is InChI=1S/C19H30F3N5.HI/c1-4-26(3)12-10-24-18(23-2)25-17-9-11-27(14-17)13-15-5-7-16(8-6-15)19(20,21)22;/h5-8,17H,4,9-14H2,1-3H3,(H2,23,24,25);1H. The van der Waals surface area contributed by atoms with Crippen molar-refractivity contribution in [1.82, 2.24) is 20.4 Å². The van der Waals surface area contributed by atoms with Crippen LogP contribution in [0.3, 0.4) is 0 Å². The molecule has 1 aromatic rings. The Balaban J connectivity index is 0.00000392. The summed E-state index contributed by atoms with van der Waals surface area (Å²) in [5.41, 5.74) is 0.296. The highest BCUT2D eigenvalue weighted by atomic mass is 127. The molecular formula is C19H31F3IN5. The summed E-state index contributed by atoms with van der Waals surface area (Å²) in [6.07, 6.45) is -3.30. The van der Waals surface area contributed by atoms with Gasteiger partial charge in [0.25, 0.3) is 0 Å². The summed E-state index contributed by atoms with van der Waals surface area (Å²) >= 11 is 0. The highest BCUT2D eigenvalue weighted by Gasteiger charge is 2.30. The van der Waals surface area contributed by atoms with Gasteiger partial charge in [0.1, 0.15) is 0 Å². The molecule has 0 radical (unpaired) electrons. The Labute approximate surface area is 182 Å². The molecule has 1 aromatic carbocycles. The molecular weight excluding hydrogens is 482 g/mol. The number of alkyl halides is 3. The van der Waals surface area contributed by atoms with Gasteiger partial charge in [-0.25, -0.2) is 0 Å². The van der Waals surface area contributed by atoms with Gasteiger partial charge in [0.05, 0.1) is 5.56 Å². The number of aliphatic imine (C=N–C) groups is 1. The lowest BCUT2D eigenvalue weighted by molar-refractivity contribution is -0.137. The van der Waals surface area contributed by atoms with Gasteiger partial charge in [0.15, 0.2) is 5.96 Å². The average Bonchev–Trinajstić information content (AvgIpc) is 3.07. The number of likely N-dealkylation sites (tertiary alicyclic amines) is 1. The predicted octanol–water partition coefficient (Wildman–Crippen LogP) is 3.01. The smallest absolute Gasteiger partial charge is 0.355 e. The minimum atomic E-state index is -4.28. The van der Waals surface area contributed by atoms with Gasteiger partial charge < -0.3 is 15.5 Å². The molecule has 1 unspecified atom stereocenters. The van der Waals surface area contributed by atoms with Crippen LogP contribution in [0.5, 0.6) is 0 Å². The fourth-order valence-corrected chi connectivity index (χ4v) is 3.06. The van der Waals surface area contributed by atoms with Crippen LogP contribution in [-0.4, -0.2) is 68.6 Å². The van der Waals surface area contributed by atoms with E-state index >= 15 is 0 Å². The zero-order valence-corrected chi connectivity index (χ0v) is 19.1. The van der Waals surface area contributed by atoms with E-state index in [0.717, 1.165) is 62.8 Å². The Kier molecular flexibility index (Phi) is 10.5. The Hall–Kier alpha value is -1.07. The van der Waals surface area contributed by atoms with Crippen molar-refractivity contribution in [3.8, 4) is 0 Å². The number of likely N-dealkylation sites (N-methyl/N-ethyl adjacent to an activating group) is 1. The van der Waals surface area contributed by atoms with Crippen LogP contribution < -0.4 is 10.6 Å². The topological polar surface area (TPSA) is 42.9 Å². The maximum atomic E-state index is 12.6. The lowest BCUT2D eigenvalue weighted by atomic mass is 10.1. The number of benzene rings is 1. The molecule has 0 spiro atoms. The lowest BCUT2D eigenvalue weighted by Crippen LogP contribution is -2.46. The molecule has 0 amide bonds. The van der Waals surface area contributed by atoms with Crippen LogP contribution in [0.25, 0.3) is 0 Å². The van der Waals surface area contributed by atoms with Crippen molar-refractivity contribution in [2.75, 3.05) is 46.8 Å². The molecule has 160 valence electrons. The molecule has 9 heteroatoms. The summed E-state index contributed by atoms with van der Waals surface area (Å²) < 4.78 is 37.9. The second-order valence-corrected chi connectivity index (χ2v) is 6.95. The van der Waals surface area contributed by atoms with Gasteiger partial charge >= 0.3 is 6.18 Å². The number of rotatable bonds is 7. The molecule has 0 aromatic heterocycles. The van der Waals surface area contributed by atoms with Crippen molar-refractivity contribution >= 4 is 29.9 Å². The molecule has 28 heavy (non-hydrogen) atoms. The Morgan fingerprint density at radius 1 is 1.29 bits per heavy atom. The summed E-state index contributed by atoms with van der Waals surface area (Å²) in [5, 5.41) is 6.75. The van der Waals surface area contributed by atoms with Crippen molar-refractivity contribution in [2.24, 2.45) is 4.99 Å². The molecule has 0 bridgehead atoms. The second kappa shape index (κ2) is 11.8. The van der Waals surface area contributed by atoms with E-state index in [-0.39, 0.29) is 30.0 Å². The first-order valence-electron chi connectivity index (χ1n) is 9.36. The Bertz CT molecular complexity index is 607. The first-order valence-corrected chi connectivity index (χ1v) is 9.36. The monoisotopic (exact) mass is 513 g/mol. The van der Waals surface area contributed by atoms with Gasteiger partial charge in [-0.1, -0.05) is 19.1 Å². The van der Waals surface area contributed by atoms with E-state index in [1.165, 1.54) is 0 Å². The van der Waals surface area contributed by atoms with Crippen LogP contribution >= 0.6 is 24.0 Å². The van der Waals surface area contributed by atoms with E-state index < -0.39 is 11.7 Å². The fraction of sp³-hybridized carbons (Fsp3) is 0.632. The summed E-state index contributed by atoms with van der Waals surface area (Å²) in [6.45, 7) is 7.31. The molecule has 2 rings (SSSR count). The van der Waals surface area contributed by atoms with Gasteiger partial charge in [0.2, 0.25) is 0 Å². The van der Waals surface area contributed by atoms with Gasteiger partial charge in [-0.05, 0) is 37.7 Å². The highest BCUT2D eigenvalue weighted by molar-refractivity contribution is 14.0. The fourth-order valence-electron chi connectivity index (χ4n) is 3.06. The first kappa shape index (κ1) is 25.0. The van der Waals surface area contributed by atoms with Crippen molar-refractivity contribution in [3.05, 3.63) is 35.4 Å². The summed E-state index contributed by atoms with van der Waals surface area (Å²) in [7, 11) is 3.84. The number of halogens is 4. The number of hydrogen-bond donors (Lipinski definition) is 2. The van der Waals surface area contributed by atoms with E-state index in [0.29, 0.717) is 6.54 Å². The molecule has 1 aliphatic heterocycles. The molecule has 1 heterocycles. The molecule has 0 saturated carbocycles. The third-order valence-corrected chi connectivity index (χ3v) is 4.85. The average molecular weight is 513 g/mol. The van der Waals surface area contributed by atoms with Crippen molar-refractivity contribution in [3.63, 3.8) is 0 Å². The Morgan fingerprint density at radius 3 is 2.54 bits per heavy atom. The van der Waals surface area contributed by atoms with Gasteiger partial charge in [-0.15, -0.1) is 24.0 Å². The highest BCUT2D eigenvalue weighted by Crippen LogP contribution is 2.29. The lowest BCUT2D eigenvalue weighted by Gasteiger charge is -2.20. The normalized spacial score (nSPS) is 18.2. The minimum absolute atomic E-state index is 0. The van der Waals surface area contributed by atoms with Crippen LogP contribution in [0.1, 0.15) is 24.5 Å². The van der Waals surface area contributed by atoms with Gasteiger partial charge in [-0.3, -0.25) is 9.89 Å². The summed E-state index contributed by atoms with van der Waals surface area (Å²) in [4.78, 5) is 8.74. The zero-order valence-electron chi connectivity index (χ0n) is 16.7. The van der Waals surface area contributed by atoms with Crippen molar-refractivity contribution < 1.29 is 13.2 Å². The number of hydrogen-bond acceptors (Lipinski definition) is 3. The third kappa shape index (κ3) is 8.12. The van der Waals surface area contributed by atoms with E-state index in [1.54, 1.807) is 19.2 Å². The van der Waals surface area contributed by atoms with Crippen LogP contribution in [0, 0.1) is 0 Å². The van der Waals surface area contributed by atoms with E-state index in [1.807, 2.05) is 0 Å². The van der Waals surface area contributed by atoms with Crippen LogP contribution in [-0.2, 0) is 12.7 Å². The van der Waals surface area contributed by atoms with Crippen molar-refractivity contribution in [2.45, 2.75) is 32.1 Å². The molecule has 1 saturated heterocycles. The minimum Gasteiger partial charge on any atom is -0.355 e. The van der Waals surface area contributed by atoms with Crippen LogP contribution in [0.4, 0.5) is 13.2 Å². The quantitative estimate of drug-likeness (QED) is 0.335. The van der Waals surface area contributed by atoms with Crippen LogP contribution in [0.2, 0.25) is 0 Å². The molecule has 0 aliphatic carbocycles. The number of guanidine groups is 1. The molecule has 5 nitrogen and oxygen atoms in total. The Morgan fingerprint density at radius 2 is 1.96 bits per heavy atom. The molecule has 1 fully saturated rings. The predicted molar refractivity (Wildman–Crippen MR) is 118 cm³/mol. The maximum Gasteiger partial charge on any atom is 0.416 e. The number of nitrogens with one attached hydrogen (secondary N) is 2. The number of nitrogens with zero attached hydrogens (tertiary/aromatic N) is 3. The molecule has 1 aliphatic rings. The van der Waals surface area contributed by atoms with E-state index in [9.17, 15) is 13.2 Å². The first-order chi connectivity index (χ1) is 12.8. The SMILES string of the molecule is CCN(C)CCNC(=NC)NC1CCN(Cc2ccc(C(F)(F)F)cc2)C1.I. The maximum absolute atomic E-state index is 12.6. The van der Waals surface area contributed by atoms with Crippen molar-refractivity contribution in [1.29, 1.82) is 0 Å². The van der Waals surface area contributed by atoms with Gasteiger partial charge in [-0.2, -0.15) is 13.2 Å². The molecule has 2 N–H and O–H groups in total. The largest absolute Gasteiger partial charge is 0.416 e. The summed E-state index contributed by atoms with van der Waals surface area (Å²) in [5.74, 6) is 0.792. The second-order valence-electron chi connectivity index (χ2n) is 6.95. The van der Waals surface area contributed by atoms with Crippen LogP contribution in [0.15, 0.2) is 29.3 Å². The molecule has 1 atom stereocenters. The third-order valence-electron chi connectivity index (χ3n) is 4.85. The van der Waals surface area contributed by atoms with Gasteiger partial charge in [0, 0.05) is 45.8 Å². The zero-order chi connectivity index (χ0) is 19.9. The van der Waals surface area contributed by atoms with E-state index in [2.05, 4.69) is 39.4 Å².